The number of halogens is 1. The molecule has 3 N–H and O–H groups in total. The van der Waals surface area contributed by atoms with E-state index in [-0.39, 0.29) is 40.4 Å². The van der Waals surface area contributed by atoms with Crippen molar-refractivity contribution in [2.75, 3.05) is 13.1 Å². The van der Waals surface area contributed by atoms with E-state index in [1.165, 1.54) is 30.5 Å². The van der Waals surface area contributed by atoms with E-state index in [0.717, 1.165) is 0 Å². The average Bonchev–Trinajstić information content (AvgIpc) is 2.50. The van der Waals surface area contributed by atoms with E-state index in [4.69, 9.17) is 5.73 Å². The molecule has 0 amide bonds. The molecule has 2 rings (SSSR count). The van der Waals surface area contributed by atoms with Crippen LogP contribution in [0.15, 0.2) is 35.4 Å². The molecule has 0 fully saturated rings. The average molecular weight is 361 g/mol. The minimum Gasteiger partial charge on any atom is -0.330 e. The van der Waals surface area contributed by atoms with Gasteiger partial charge in [-0.1, -0.05) is 0 Å². The van der Waals surface area contributed by atoms with Crippen LogP contribution >= 0.6 is 12.4 Å². The third-order valence-corrected chi connectivity index (χ3v) is 4.61. The summed E-state index contributed by atoms with van der Waals surface area (Å²) in [6.45, 7) is 0.745. The predicted octanol–water partition coefficient (Wildman–Crippen LogP) is 1.58. The number of benzene rings is 1. The lowest BCUT2D eigenvalue weighted by molar-refractivity contribution is -0.383. The van der Waals surface area contributed by atoms with Gasteiger partial charge in [-0.05, 0) is 37.6 Å². The van der Waals surface area contributed by atoms with E-state index in [1.54, 1.807) is 0 Å². The van der Waals surface area contributed by atoms with Crippen LogP contribution in [0.3, 0.4) is 0 Å². The highest BCUT2D eigenvalue weighted by Gasteiger charge is 2.22. The first-order valence-corrected chi connectivity index (χ1v) is 8.17. The number of nitrogens with two attached hydrogens (primary N) is 1. The molecule has 8 nitrogen and oxygen atoms in total. The molecule has 0 saturated heterocycles. The Labute approximate surface area is 139 Å². The Morgan fingerprint density at radius 1 is 1.26 bits per heavy atom. The van der Waals surface area contributed by atoms with Crippen LogP contribution in [0.1, 0.15) is 12.8 Å². The van der Waals surface area contributed by atoms with E-state index >= 15 is 0 Å². The summed E-state index contributed by atoms with van der Waals surface area (Å²) in [6.07, 6.45) is 2.73. The summed E-state index contributed by atoms with van der Waals surface area (Å²) in [5, 5.41) is 11.2. The molecular weight excluding hydrogens is 344 g/mol. The molecule has 0 unspecified atom stereocenters. The first kappa shape index (κ1) is 19.2. The largest absolute Gasteiger partial charge is 0.330 e. The minimum atomic E-state index is -3.79. The Morgan fingerprint density at radius 2 is 2.00 bits per heavy atom. The van der Waals surface area contributed by atoms with Crippen LogP contribution in [0.5, 0.6) is 0 Å². The van der Waals surface area contributed by atoms with E-state index in [0.29, 0.717) is 19.4 Å². The third kappa shape index (κ3) is 4.35. The smallest absolute Gasteiger partial charge is 0.278 e. The molecule has 0 radical (unpaired) electrons. The summed E-state index contributed by atoms with van der Waals surface area (Å²) >= 11 is 0. The van der Waals surface area contributed by atoms with Gasteiger partial charge in [-0.25, -0.2) is 13.1 Å². The van der Waals surface area contributed by atoms with Crippen molar-refractivity contribution in [2.45, 2.75) is 17.7 Å². The lowest BCUT2D eigenvalue weighted by Gasteiger charge is -2.09. The van der Waals surface area contributed by atoms with Crippen LogP contribution < -0.4 is 10.5 Å². The van der Waals surface area contributed by atoms with Crippen molar-refractivity contribution in [2.24, 2.45) is 5.73 Å². The van der Waals surface area contributed by atoms with Crippen LogP contribution in [0.4, 0.5) is 5.69 Å². The van der Waals surface area contributed by atoms with Crippen molar-refractivity contribution in [3.05, 3.63) is 40.6 Å². The summed E-state index contributed by atoms with van der Waals surface area (Å²) in [5.41, 5.74) is 5.27. The lowest BCUT2D eigenvalue weighted by atomic mass is 10.2. The minimum absolute atomic E-state index is 0. The third-order valence-electron chi connectivity index (χ3n) is 3.12. The Bertz CT molecular complexity index is 798. The van der Waals surface area contributed by atoms with Gasteiger partial charge in [0.15, 0.2) is 0 Å². The highest BCUT2D eigenvalue weighted by Crippen LogP contribution is 2.29. The SMILES string of the molecule is Cl.NCCCCNS(=O)(=O)c1ccc([N+](=O)[O-])c2cccnc12. The molecule has 23 heavy (non-hydrogen) atoms. The quantitative estimate of drug-likeness (QED) is 0.438. The molecule has 10 heteroatoms. The zero-order valence-electron chi connectivity index (χ0n) is 12.1. The van der Waals surface area contributed by atoms with Crippen molar-refractivity contribution < 1.29 is 13.3 Å². The maximum absolute atomic E-state index is 12.3. The van der Waals surface area contributed by atoms with Crippen LogP contribution in [0.2, 0.25) is 0 Å². The summed E-state index contributed by atoms with van der Waals surface area (Å²) in [7, 11) is -3.79. The number of nitrogens with zero attached hydrogens (tertiary/aromatic N) is 2. The van der Waals surface area contributed by atoms with E-state index in [9.17, 15) is 18.5 Å². The molecule has 0 atom stereocenters. The van der Waals surface area contributed by atoms with E-state index in [2.05, 4.69) is 9.71 Å². The normalized spacial score (nSPS) is 11.2. The number of sulfonamides is 1. The maximum atomic E-state index is 12.3. The second-order valence-electron chi connectivity index (χ2n) is 4.63. The Balaban J connectivity index is 0.00000264. The molecule has 126 valence electrons. The molecule has 0 aliphatic heterocycles. The summed E-state index contributed by atoms with van der Waals surface area (Å²) in [6, 6.07) is 5.39. The van der Waals surface area contributed by atoms with Gasteiger partial charge in [0, 0.05) is 18.8 Å². The summed E-state index contributed by atoms with van der Waals surface area (Å²) in [4.78, 5) is 14.4. The number of nitrogens with one attached hydrogen (secondary N) is 1. The molecule has 1 aromatic heterocycles. The zero-order chi connectivity index (χ0) is 16.2. The first-order chi connectivity index (χ1) is 10.5. The Kier molecular flexibility index (Phi) is 6.82. The number of nitro benzene ring substituents is 1. The molecule has 0 spiro atoms. The van der Waals surface area contributed by atoms with E-state index < -0.39 is 14.9 Å². The van der Waals surface area contributed by atoms with Crippen molar-refractivity contribution >= 4 is 39.0 Å². The fraction of sp³-hybridized carbons (Fsp3) is 0.308. The molecule has 1 heterocycles. The highest BCUT2D eigenvalue weighted by atomic mass is 35.5. The molecule has 1 aromatic carbocycles. The van der Waals surface area contributed by atoms with Gasteiger partial charge in [0.2, 0.25) is 10.0 Å². The van der Waals surface area contributed by atoms with Gasteiger partial charge in [-0.3, -0.25) is 15.1 Å². The highest BCUT2D eigenvalue weighted by molar-refractivity contribution is 7.89. The standard InChI is InChI=1S/C13H16N4O4S.ClH/c14-7-1-2-9-16-22(20,21)12-6-5-11(17(18)19)10-4-3-8-15-13(10)12;/h3-6,8,16H,1-2,7,9,14H2;1H. The Hall–Kier alpha value is -1.81. The van der Waals surface area contributed by atoms with Crippen LogP contribution in [-0.4, -0.2) is 31.4 Å². The second-order valence-corrected chi connectivity index (χ2v) is 6.37. The van der Waals surface area contributed by atoms with Gasteiger partial charge in [0.05, 0.1) is 15.8 Å². The van der Waals surface area contributed by atoms with Crippen molar-refractivity contribution in [1.29, 1.82) is 0 Å². The number of nitro groups is 1. The Morgan fingerprint density at radius 3 is 2.65 bits per heavy atom. The van der Waals surface area contributed by atoms with Crippen molar-refractivity contribution in [1.82, 2.24) is 9.71 Å². The number of unbranched alkanes of at least 4 members (excludes halogenated alkanes) is 1. The molecule has 2 aromatic rings. The monoisotopic (exact) mass is 360 g/mol. The number of pyridine rings is 1. The molecule has 0 aliphatic carbocycles. The summed E-state index contributed by atoms with van der Waals surface area (Å²) in [5.74, 6) is 0. The fourth-order valence-electron chi connectivity index (χ4n) is 2.06. The van der Waals surface area contributed by atoms with Crippen LogP contribution in [0, 0.1) is 10.1 Å². The maximum Gasteiger partial charge on any atom is 0.278 e. The molecule has 0 aliphatic rings. The lowest BCUT2D eigenvalue weighted by Crippen LogP contribution is -2.25. The van der Waals surface area contributed by atoms with Crippen LogP contribution in [-0.2, 0) is 10.0 Å². The topological polar surface area (TPSA) is 128 Å². The van der Waals surface area contributed by atoms with Gasteiger partial charge >= 0.3 is 0 Å². The molecular formula is C13H17ClN4O4S. The number of non-ortho nitro benzene ring substituents is 1. The van der Waals surface area contributed by atoms with Crippen molar-refractivity contribution in [3.8, 4) is 0 Å². The molecule has 0 saturated carbocycles. The van der Waals surface area contributed by atoms with Gasteiger partial charge in [0.1, 0.15) is 4.90 Å². The first-order valence-electron chi connectivity index (χ1n) is 6.69. The van der Waals surface area contributed by atoms with Crippen molar-refractivity contribution in [3.63, 3.8) is 0 Å². The molecule has 0 bridgehead atoms. The van der Waals surface area contributed by atoms with E-state index in [1.807, 2.05) is 0 Å². The number of aromatic nitrogens is 1. The fourth-order valence-corrected chi connectivity index (χ4v) is 3.29. The second kappa shape index (κ2) is 8.16. The number of hydrogen-bond donors (Lipinski definition) is 2. The van der Waals surface area contributed by atoms with Gasteiger partial charge in [-0.2, -0.15) is 0 Å². The van der Waals surface area contributed by atoms with Gasteiger partial charge in [0.25, 0.3) is 5.69 Å². The summed E-state index contributed by atoms with van der Waals surface area (Å²) < 4.78 is 27.1. The number of fused-ring (bicyclic) bond motifs is 1. The number of hydrogen-bond acceptors (Lipinski definition) is 6. The van der Waals surface area contributed by atoms with Crippen LogP contribution in [0.25, 0.3) is 10.9 Å². The zero-order valence-corrected chi connectivity index (χ0v) is 13.8. The van der Waals surface area contributed by atoms with Gasteiger partial charge < -0.3 is 5.73 Å². The predicted molar refractivity (Wildman–Crippen MR) is 89.1 cm³/mol. The number of rotatable bonds is 7. The van der Waals surface area contributed by atoms with Gasteiger partial charge in [-0.15, -0.1) is 12.4 Å².